The Labute approximate surface area is 106 Å². The molecule has 17 heavy (non-hydrogen) atoms. The molecule has 0 aromatic rings. The van der Waals surface area contributed by atoms with Crippen molar-refractivity contribution >= 4 is 5.78 Å². The molecule has 3 heteroatoms. The smallest absolute Gasteiger partial charge is 0.136 e. The fourth-order valence-electron chi connectivity index (χ4n) is 2.73. The maximum absolute atomic E-state index is 11.6. The fraction of sp³-hybridized carbons (Fsp3) is 0.929. The molecule has 0 aromatic heterocycles. The van der Waals surface area contributed by atoms with E-state index in [0.717, 1.165) is 19.6 Å². The van der Waals surface area contributed by atoms with Gasteiger partial charge in [-0.1, -0.05) is 13.8 Å². The third-order valence-electron chi connectivity index (χ3n) is 3.33. The monoisotopic (exact) mass is 241 g/mol. The molecule has 0 aromatic carbocycles. The number of ketones is 1. The topological polar surface area (TPSA) is 29.5 Å². The van der Waals surface area contributed by atoms with Gasteiger partial charge in [-0.3, -0.25) is 9.69 Å². The Morgan fingerprint density at radius 1 is 1.18 bits per heavy atom. The van der Waals surface area contributed by atoms with Crippen molar-refractivity contribution in [2.45, 2.75) is 59.7 Å². The van der Waals surface area contributed by atoms with Crippen LogP contribution in [0.2, 0.25) is 0 Å². The quantitative estimate of drug-likeness (QED) is 0.760. The van der Waals surface area contributed by atoms with Gasteiger partial charge in [-0.2, -0.15) is 0 Å². The van der Waals surface area contributed by atoms with E-state index in [4.69, 9.17) is 4.74 Å². The van der Waals surface area contributed by atoms with Crippen LogP contribution in [0.5, 0.6) is 0 Å². The van der Waals surface area contributed by atoms with Crippen LogP contribution in [0.25, 0.3) is 0 Å². The van der Waals surface area contributed by atoms with E-state index >= 15 is 0 Å². The van der Waals surface area contributed by atoms with Gasteiger partial charge < -0.3 is 4.74 Å². The summed E-state index contributed by atoms with van der Waals surface area (Å²) in [6.07, 6.45) is 0. The normalized spacial score (nSPS) is 24.6. The summed E-state index contributed by atoms with van der Waals surface area (Å²) in [5, 5.41) is 0. The summed E-state index contributed by atoms with van der Waals surface area (Å²) >= 11 is 0. The molecule has 1 aliphatic heterocycles. The molecule has 0 radical (unpaired) electrons. The highest BCUT2D eigenvalue weighted by Crippen LogP contribution is 2.30. The Kier molecular flexibility index (Phi) is 3.76. The minimum Gasteiger partial charge on any atom is -0.367 e. The Morgan fingerprint density at radius 3 is 1.94 bits per heavy atom. The summed E-state index contributed by atoms with van der Waals surface area (Å²) in [7, 11) is 0. The predicted octanol–water partition coefficient (Wildman–Crippen LogP) is 2.49. The van der Waals surface area contributed by atoms with Crippen LogP contribution in [0.15, 0.2) is 0 Å². The first-order chi connectivity index (χ1) is 7.44. The highest BCUT2D eigenvalue weighted by atomic mass is 16.5. The summed E-state index contributed by atoms with van der Waals surface area (Å²) in [6, 6.07) is 0. The van der Waals surface area contributed by atoms with E-state index in [2.05, 4.69) is 32.6 Å². The molecule has 0 N–H and O–H groups in total. The van der Waals surface area contributed by atoms with E-state index in [-0.39, 0.29) is 22.4 Å². The average Bonchev–Trinajstić information content (AvgIpc) is 1.94. The summed E-state index contributed by atoms with van der Waals surface area (Å²) in [4.78, 5) is 14.0. The minimum atomic E-state index is -0.274. The first kappa shape index (κ1) is 14.7. The molecule has 1 aliphatic rings. The molecule has 0 spiro atoms. The highest BCUT2D eigenvalue weighted by molar-refractivity contribution is 5.81. The number of hydrogen-bond acceptors (Lipinski definition) is 3. The van der Waals surface area contributed by atoms with Gasteiger partial charge in [-0.15, -0.1) is 0 Å². The van der Waals surface area contributed by atoms with Crippen molar-refractivity contribution in [3.05, 3.63) is 0 Å². The Bertz CT molecular complexity index is 289. The predicted molar refractivity (Wildman–Crippen MR) is 70.1 cm³/mol. The summed E-state index contributed by atoms with van der Waals surface area (Å²) < 4.78 is 6.04. The Balaban J connectivity index is 2.76. The molecule has 3 nitrogen and oxygen atoms in total. The van der Waals surface area contributed by atoms with Gasteiger partial charge in [0.25, 0.3) is 0 Å². The number of morpholine rings is 1. The van der Waals surface area contributed by atoms with Crippen molar-refractivity contribution in [2.75, 3.05) is 19.6 Å². The lowest BCUT2D eigenvalue weighted by Crippen LogP contribution is -2.59. The molecular weight excluding hydrogens is 214 g/mol. The third kappa shape index (κ3) is 4.07. The number of ether oxygens (including phenoxy) is 1. The van der Waals surface area contributed by atoms with Crippen molar-refractivity contribution < 1.29 is 9.53 Å². The molecule has 1 rings (SSSR count). The summed E-state index contributed by atoms with van der Waals surface area (Å²) in [5.74, 6) is 0.250. The number of hydrogen-bond donors (Lipinski definition) is 0. The highest BCUT2D eigenvalue weighted by Gasteiger charge is 2.40. The SMILES string of the molecule is CC(=O)C(C)(C)CN1CC(C)(C)OC(C)(C)C1. The molecule has 0 amide bonds. The molecule has 0 unspecified atom stereocenters. The van der Waals surface area contributed by atoms with Gasteiger partial charge in [0.1, 0.15) is 5.78 Å². The van der Waals surface area contributed by atoms with Crippen LogP contribution in [0.1, 0.15) is 48.5 Å². The van der Waals surface area contributed by atoms with Gasteiger partial charge >= 0.3 is 0 Å². The Hall–Kier alpha value is -0.410. The van der Waals surface area contributed by atoms with Crippen LogP contribution in [0.4, 0.5) is 0 Å². The number of rotatable bonds is 3. The van der Waals surface area contributed by atoms with Crippen molar-refractivity contribution in [2.24, 2.45) is 5.41 Å². The average molecular weight is 241 g/mol. The zero-order valence-corrected chi connectivity index (χ0v) is 12.4. The maximum Gasteiger partial charge on any atom is 0.136 e. The van der Waals surface area contributed by atoms with Crippen molar-refractivity contribution in [1.82, 2.24) is 4.90 Å². The molecule has 1 saturated heterocycles. The number of nitrogens with zero attached hydrogens (tertiary/aromatic N) is 1. The van der Waals surface area contributed by atoms with Gasteiger partial charge in [-0.05, 0) is 34.6 Å². The van der Waals surface area contributed by atoms with Crippen molar-refractivity contribution in [3.63, 3.8) is 0 Å². The first-order valence-electron chi connectivity index (χ1n) is 6.37. The van der Waals surface area contributed by atoms with E-state index < -0.39 is 0 Å². The van der Waals surface area contributed by atoms with E-state index in [9.17, 15) is 4.79 Å². The van der Waals surface area contributed by atoms with Crippen LogP contribution in [-0.2, 0) is 9.53 Å². The van der Waals surface area contributed by atoms with Crippen LogP contribution >= 0.6 is 0 Å². The minimum absolute atomic E-state index is 0.144. The lowest BCUT2D eigenvalue weighted by molar-refractivity contribution is -0.184. The van der Waals surface area contributed by atoms with Crippen LogP contribution in [0.3, 0.4) is 0 Å². The molecule has 1 fully saturated rings. The van der Waals surface area contributed by atoms with Gasteiger partial charge in [0.05, 0.1) is 11.2 Å². The van der Waals surface area contributed by atoms with E-state index in [1.807, 2.05) is 13.8 Å². The van der Waals surface area contributed by atoms with Gasteiger partial charge in [-0.25, -0.2) is 0 Å². The molecule has 1 heterocycles. The number of carbonyl (C=O) groups is 1. The maximum atomic E-state index is 11.6. The van der Waals surface area contributed by atoms with E-state index in [1.165, 1.54) is 0 Å². The Morgan fingerprint density at radius 2 is 1.59 bits per heavy atom. The number of carbonyl (C=O) groups excluding carboxylic acids is 1. The van der Waals surface area contributed by atoms with Crippen LogP contribution in [0, 0.1) is 5.41 Å². The third-order valence-corrected chi connectivity index (χ3v) is 3.33. The van der Waals surface area contributed by atoms with Gasteiger partial charge in [0.2, 0.25) is 0 Å². The zero-order valence-electron chi connectivity index (χ0n) is 12.4. The molecule has 100 valence electrons. The molecule has 0 bridgehead atoms. The van der Waals surface area contributed by atoms with Crippen molar-refractivity contribution in [1.29, 1.82) is 0 Å². The van der Waals surface area contributed by atoms with E-state index in [0.29, 0.717) is 0 Å². The van der Waals surface area contributed by atoms with E-state index in [1.54, 1.807) is 6.92 Å². The first-order valence-corrected chi connectivity index (χ1v) is 6.37. The van der Waals surface area contributed by atoms with Gasteiger partial charge in [0, 0.05) is 25.0 Å². The lowest BCUT2D eigenvalue weighted by Gasteiger charge is -2.48. The second-order valence-corrected chi connectivity index (χ2v) is 7.21. The standard InChI is InChI=1S/C14H27NO2/c1-11(16)12(2,3)8-15-9-13(4,5)17-14(6,7)10-15/h8-10H2,1-7H3. The summed E-state index contributed by atoms with van der Waals surface area (Å²) in [6.45, 7) is 16.7. The van der Waals surface area contributed by atoms with Crippen molar-refractivity contribution in [3.8, 4) is 0 Å². The summed E-state index contributed by atoms with van der Waals surface area (Å²) in [5.41, 5.74) is -0.563. The molecular formula is C14H27NO2. The molecule has 0 aliphatic carbocycles. The van der Waals surface area contributed by atoms with Crippen LogP contribution in [-0.4, -0.2) is 41.5 Å². The van der Waals surface area contributed by atoms with Crippen LogP contribution < -0.4 is 0 Å². The molecule has 0 atom stereocenters. The second kappa shape index (κ2) is 4.36. The number of Topliss-reactive ketones (excluding diaryl/α,β-unsaturated/α-hetero) is 1. The second-order valence-electron chi connectivity index (χ2n) is 7.21. The lowest BCUT2D eigenvalue weighted by atomic mass is 9.87. The molecule has 0 saturated carbocycles. The largest absolute Gasteiger partial charge is 0.367 e. The van der Waals surface area contributed by atoms with Gasteiger partial charge in [0.15, 0.2) is 0 Å². The zero-order chi connectivity index (χ0) is 13.5. The fourth-order valence-corrected chi connectivity index (χ4v) is 2.73.